The van der Waals surface area contributed by atoms with Gasteiger partial charge in [-0.05, 0) is 44.1 Å². The molecule has 5 nitrogen and oxygen atoms in total. The minimum absolute atomic E-state index is 0.0333. The van der Waals surface area contributed by atoms with Crippen molar-refractivity contribution in [3.05, 3.63) is 32.7 Å². The average Bonchev–Trinajstić information content (AvgIpc) is 3.16. The zero-order valence-electron chi connectivity index (χ0n) is 12.8. The van der Waals surface area contributed by atoms with Crippen molar-refractivity contribution in [2.75, 3.05) is 27.3 Å². The molecule has 22 heavy (non-hydrogen) atoms. The number of methoxy groups -OCH3 is 2. The molecule has 0 spiro atoms. The molecule has 6 heteroatoms. The summed E-state index contributed by atoms with van der Waals surface area (Å²) in [6.45, 7) is 3.00. The molecule has 118 valence electrons. The molecule has 1 aromatic heterocycles. The first-order chi connectivity index (χ1) is 10.7. The Kier molecular flexibility index (Phi) is 4.49. The van der Waals surface area contributed by atoms with Gasteiger partial charge in [0, 0.05) is 17.0 Å². The van der Waals surface area contributed by atoms with Crippen molar-refractivity contribution >= 4 is 11.3 Å². The van der Waals surface area contributed by atoms with E-state index in [-0.39, 0.29) is 4.87 Å². The van der Waals surface area contributed by atoms with E-state index in [0.29, 0.717) is 0 Å². The molecule has 1 aromatic carbocycles. The summed E-state index contributed by atoms with van der Waals surface area (Å²) < 4.78 is 10.7. The van der Waals surface area contributed by atoms with Gasteiger partial charge in [0.2, 0.25) is 0 Å². The number of aromatic amines is 1. The van der Waals surface area contributed by atoms with Gasteiger partial charge >= 0.3 is 4.87 Å². The lowest BCUT2D eigenvalue weighted by molar-refractivity contribution is 0.334. The molecule has 0 amide bonds. The molecule has 1 aliphatic heterocycles. The van der Waals surface area contributed by atoms with E-state index in [1.165, 1.54) is 24.2 Å². The SMILES string of the molecule is COc1ccc(OC)c(-c2[nH]c(=O)sc2CN2CCCC2)c1. The van der Waals surface area contributed by atoms with E-state index in [9.17, 15) is 4.79 Å². The molecule has 0 aliphatic carbocycles. The zero-order chi connectivity index (χ0) is 15.5. The Morgan fingerprint density at radius 1 is 1.23 bits per heavy atom. The van der Waals surface area contributed by atoms with E-state index < -0.39 is 0 Å². The van der Waals surface area contributed by atoms with Crippen molar-refractivity contribution in [3.63, 3.8) is 0 Å². The molecule has 2 heterocycles. The topological polar surface area (TPSA) is 54.6 Å². The van der Waals surface area contributed by atoms with Gasteiger partial charge in [0.05, 0.1) is 19.9 Å². The van der Waals surface area contributed by atoms with Crippen LogP contribution in [0.15, 0.2) is 23.0 Å². The van der Waals surface area contributed by atoms with Gasteiger partial charge in [0.15, 0.2) is 0 Å². The van der Waals surface area contributed by atoms with Gasteiger partial charge < -0.3 is 14.5 Å². The third kappa shape index (κ3) is 3.03. The van der Waals surface area contributed by atoms with Crippen LogP contribution in [0, 0.1) is 0 Å². The molecule has 0 bridgehead atoms. The Bertz CT molecular complexity index is 702. The highest BCUT2D eigenvalue weighted by Gasteiger charge is 2.19. The Hall–Kier alpha value is -1.79. The number of nitrogens with one attached hydrogen (secondary N) is 1. The monoisotopic (exact) mass is 320 g/mol. The minimum atomic E-state index is -0.0333. The second-order valence-electron chi connectivity index (χ2n) is 5.36. The lowest BCUT2D eigenvalue weighted by Crippen LogP contribution is -2.18. The van der Waals surface area contributed by atoms with Gasteiger partial charge in [0.25, 0.3) is 0 Å². The third-order valence-electron chi connectivity index (χ3n) is 3.96. The summed E-state index contributed by atoms with van der Waals surface area (Å²) in [7, 11) is 3.27. The van der Waals surface area contributed by atoms with E-state index >= 15 is 0 Å². The molecule has 1 fully saturated rings. The van der Waals surface area contributed by atoms with E-state index in [1.807, 2.05) is 18.2 Å². The van der Waals surface area contributed by atoms with Crippen molar-refractivity contribution in [3.8, 4) is 22.8 Å². The number of ether oxygens (including phenoxy) is 2. The van der Waals surface area contributed by atoms with Crippen LogP contribution in [-0.4, -0.2) is 37.2 Å². The van der Waals surface area contributed by atoms with Crippen LogP contribution in [0.3, 0.4) is 0 Å². The van der Waals surface area contributed by atoms with E-state index in [1.54, 1.807) is 14.2 Å². The highest BCUT2D eigenvalue weighted by molar-refractivity contribution is 7.09. The maximum Gasteiger partial charge on any atom is 0.305 e. The highest BCUT2D eigenvalue weighted by atomic mass is 32.1. The smallest absolute Gasteiger partial charge is 0.305 e. The van der Waals surface area contributed by atoms with Crippen molar-refractivity contribution in [2.24, 2.45) is 0 Å². The van der Waals surface area contributed by atoms with Gasteiger partial charge in [-0.2, -0.15) is 0 Å². The Balaban J connectivity index is 2.01. The molecule has 3 rings (SSSR count). The summed E-state index contributed by atoms with van der Waals surface area (Å²) in [6.07, 6.45) is 2.47. The number of rotatable bonds is 5. The van der Waals surface area contributed by atoms with Crippen LogP contribution < -0.4 is 14.3 Å². The number of thiazole rings is 1. The predicted octanol–water partition coefficient (Wildman–Crippen LogP) is 2.72. The number of H-pyrrole nitrogens is 1. The quantitative estimate of drug-likeness (QED) is 0.920. The first kappa shape index (κ1) is 15.1. The highest BCUT2D eigenvalue weighted by Crippen LogP contribution is 2.35. The summed E-state index contributed by atoms with van der Waals surface area (Å²) in [5, 5.41) is 0. The van der Waals surface area contributed by atoms with Gasteiger partial charge in [-0.1, -0.05) is 11.3 Å². The molecular weight excluding hydrogens is 300 g/mol. The second-order valence-corrected chi connectivity index (χ2v) is 6.43. The predicted molar refractivity (Wildman–Crippen MR) is 88.0 cm³/mol. The van der Waals surface area contributed by atoms with E-state index in [4.69, 9.17) is 9.47 Å². The lowest BCUT2D eigenvalue weighted by Gasteiger charge is -2.15. The second kappa shape index (κ2) is 6.54. The number of benzene rings is 1. The van der Waals surface area contributed by atoms with Crippen molar-refractivity contribution < 1.29 is 9.47 Å². The van der Waals surface area contributed by atoms with Crippen LogP contribution in [0.4, 0.5) is 0 Å². The van der Waals surface area contributed by atoms with E-state index in [2.05, 4.69) is 9.88 Å². The number of aromatic nitrogens is 1. The number of nitrogens with zero attached hydrogens (tertiary/aromatic N) is 1. The van der Waals surface area contributed by atoms with Crippen molar-refractivity contribution in [1.82, 2.24) is 9.88 Å². The standard InChI is InChI=1S/C16H20N2O3S/c1-20-11-5-6-13(21-2)12(9-11)15-14(22-16(19)17-15)10-18-7-3-4-8-18/h5-6,9H,3-4,7-8,10H2,1-2H3,(H,17,19). The molecule has 0 radical (unpaired) electrons. The van der Waals surface area contributed by atoms with Crippen LogP contribution in [0.25, 0.3) is 11.3 Å². The summed E-state index contributed by atoms with van der Waals surface area (Å²) in [5.41, 5.74) is 1.71. The van der Waals surface area contributed by atoms with Gasteiger partial charge in [-0.25, -0.2) is 0 Å². The fourth-order valence-electron chi connectivity index (χ4n) is 2.84. The van der Waals surface area contributed by atoms with Crippen LogP contribution in [-0.2, 0) is 6.54 Å². The Labute approximate surface area is 133 Å². The number of likely N-dealkylation sites (tertiary alicyclic amines) is 1. The molecule has 1 saturated heterocycles. The Morgan fingerprint density at radius 3 is 2.68 bits per heavy atom. The molecule has 1 aliphatic rings. The van der Waals surface area contributed by atoms with Crippen LogP contribution in [0.2, 0.25) is 0 Å². The minimum Gasteiger partial charge on any atom is -0.497 e. The first-order valence-corrected chi connectivity index (χ1v) is 8.19. The number of hydrogen-bond acceptors (Lipinski definition) is 5. The van der Waals surface area contributed by atoms with Crippen LogP contribution in [0.5, 0.6) is 11.5 Å². The summed E-state index contributed by atoms with van der Waals surface area (Å²) in [5.74, 6) is 1.48. The fraction of sp³-hybridized carbons (Fsp3) is 0.438. The summed E-state index contributed by atoms with van der Waals surface area (Å²) in [6, 6.07) is 5.63. The third-order valence-corrected chi connectivity index (χ3v) is 4.83. The molecule has 0 atom stereocenters. The lowest BCUT2D eigenvalue weighted by atomic mass is 10.1. The largest absolute Gasteiger partial charge is 0.497 e. The Morgan fingerprint density at radius 2 is 2.00 bits per heavy atom. The van der Waals surface area contributed by atoms with E-state index in [0.717, 1.165) is 47.3 Å². The number of hydrogen-bond donors (Lipinski definition) is 1. The van der Waals surface area contributed by atoms with Gasteiger partial charge in [-0.15, -0.1) is 0 Å². The summed E-state index contributed by atoms with van der Waals surface area (Å²) >= 11 is 1.28. The van der Waals surface area contributed by atoms with Gasteiger partial charge in [0.1, 0.15) is 11.5 Å². The molecular formula is C16H20N2O3S. The molecule has 1 N–H and O–H groups in total. The molecule has 0 saturated carbocycles. The molecule has 0 unspecified atom stereocenters. The van der Waals surface area contributed by atoms with Gasteiger partial charge in [-0.3, -0.25) is 9.69 Å². The molecule has 2 aromatic rings. The zero-order valence-corrected chi connectivity index (χ0v) is 13.7. The maximum atomic E-state index is 11.9. The fourth-order valence-corrected chi connectivity index (χ4v) is 3.73. The van der Waals surface area contributed by atoms with Crippen LogP contribution >= 0.6 is 11.3 Å². The average molecular weight is 320 g/mol. The van der Waals surface area contributed by atoms with Crippen molar-refractivity contribution in [1.29, 1.82) is 0 Å². The normalized spacial score (nSPS) is 15.2. The first-order valence-electron chi connectivity index (χ1n) is 7.38. The van der Waals surface area contributed by atoms with Crippen LogP contribution in [0.1, 0.15) is 17.7 Å². The van der Waals surface area contributed by atoms with Crippen molar-refractivity contribution in [2.45, 2.75) is 19.4 Å². The summed E-state index contributed by atoms with van der Waals surface area (Å²) in [4.78, 5) is 18.3. The maximum absolute atomic E-state index is 11.9.